The lowest BCUT2D eigenvalue weighted by atomic mass is 9.85. The first-order chi connectivity index (χ1) is 7.24. The van der Waals surface area contributed by atoms with E-state index in [9.17, 15) is 9.90 Å². The average Bonchev–Trinajstić information content (AvgIpc) is 2.13. The Kier molecular flexibility index (Phi) is 3.48. The van der Waals surface area contributed by atoms with Crippen LogP contribution in [0.2, 0.25) is 5.02 Å². The summed E-state index contributed by atoms with van der Waals surface area (Å²) in [4.78, 5) is 11.0. The van der Waals surface area contributed by atoms with Crippen LogP contribution >= 0.6 is 11.6 Å². The lowest BCUT2D eigenvalue weighted by Crippen LogP contribution is -2.26. The third-order valence-corrected chi connectivity index (χ3v) is 2.98. The van der Waals surface area contributed by atoms with Crippen LogP contribution in [-0.4, -0.2) is 16.2 Å². The van der Waals surface area contributed by atoms with Gasteiger partial charge in [-0.15, -0.1) is 0 Å². The molecule has 0 radical (unpaired) electrons. The minimum absolute atomic E-state index is 0.0937. The van der Waals surface area contributed by atoms with Crippen molar-refractivity contribution in [1.82, 2.24) is 0 Å². The first kappa shape index (κ1) is 12.8. The number of carboxylic acid groups (broad SMARTS) is 1. The second-order valence-corrected chi connectivity index (χ2v) is 5.00. The zero-order valence-electron chi connectivity index (χ0n) is 9.54. The van der Waals surface area contributed by atoms with Gasteiger partial charge in [-0.05, 0) is 50.5 Å². The lowest BCUT2D eigenvalue weighted by Gasteiger charge is -2.20. The first-order valence-corrected chi connectivity index (χ1v) is 5.33. The summed E-state index contributed by atoms with van der Waals surface area (Å²) in [7, 11) is 0. The Morgan fingerprint density at radius 1 is 1.44 bits per heavy atom. The van der Waals surface area contributed by atoms with Crippen molar-refractivity contribution in [3.05, 3.63) is 28.3 Å². The third-order valence-electron chi connectivity index (χ3n) is 2.57. The van der Waals surface area contributed by atoms with Crippen molar-refractivity contribution < 1.29 is 15.0 Å². The number of hydrogen-bond donors (Lipinski definition) is 2. The maximum Gasteiger partial charge on any atom is 0.309 e. The van der Waals surface area contributed by atoms with Crippen LogP contribution in [0.5, 0.6) is 5.75 Å². The van der Waals surface area contributed by atoms with Crippen molar-refractivity contribution in [2.75, 3.05) is 0 Å². The molecule has 88 valence electrons. The Morgan fingerprint density at radius 2 is 2.00 bits per heavy atom. The second-order valence-electron chi connectivity index (χ2n) is 4.60. The Bertz CT molecular complexity index is 425. The molecule has 0 fully saturated rings. The van der Waals surface area contributed by atoms with Gasteiger partial charge in [-0.1, -0.05) is 11.6 Å². The molecule has 0 unspecified atom stereocenters. The highest BCUT2D eigenvalue weighted by Crippen LogP contribution is 2.31. The zero-order chi connectivity index (χ0) is 12.5. The fourth-order valence-corrected chi connectivity index (χ4v) is 1.59. The molecule has 4 heteroatoms. The maximum absolute atomic E-state index is 11.0. The first-order valence-electron chi connectivity index (χ1n) is 4.95. The van der Waals surface area contributed by atoms with E-state index in [1.807, 2.05) is 0 Å². The topological polar surface area (TPSA) is 57.5 Å². The molecule has 0 aromatic heterocycles. The molecule has 0 saturated heterocycles. The molecular formula is C12H15ClO3. The predicted molar refractivity (Wildman–Crippen MR) is 63.0 cm³/mol. The van der Waals surface area contributed by atoms with Crippen LogP contribution in [-0.2, 0) is 11.2 Å². The highest BCUT2D eigenvalue weighted by molar-refractivity contribution is 6.31. The lowest BCUT2D eigenvalue weighted by molar-refractivity contribution is -0.146. The van der Waals surface area contributed by atoms with E-state index in [2.05, 4.69) is 0 Å². The summed E-state index contributed by atoms with van der Waals surface area (Å²) in [5.74, 6) is -0.806. The van der Waals surface area contributed by atoms with Crippen LogP contribution in [0.4, 0.5) is 0 Å². The molecular weight excluding hydrogens is 228 g/mol. The van der Waals surface area contributed by atoms with Gasteiger partial charge in [0.2, 0.25) is 0 Å². The molecule has 1 aromatic rings. The molecule has 3 nitrogen and oxygen atoms in total. The van der Waals surface area contributed by atoms with Gasteiger partial charge in [-0.25, -0.2) is 0 Å². The zero-order valence-corrected chi connectivity index (χ0v) is 10.3. The largest absolute Gasteiger partial charge is 0.508 e. The van der Waals surface area contributed by atoms with E-state index in [1.54, 1.807) is 32.9 Å². The Balaban J connectivity index is 3.07. The van der Waals surface area contributed by atoms with Crippen molar-refractivity contribution in [2.24, 2.45) is 5.41 Å². The van der Waals surface area contributed by atoms with E-state index >= 15 is 0 Å². The van der Waals surface area contributed by atoms with Gasteiger partial charge in [0.15, 0.2) is 0 Å². The van der Waals surface area contributed by atoms with Crippen LogP contribution in [0.15, 0.2) is 12.1 Å². The Labute approximate surface area is 99.7 Å². The number of halogens is 1. The number of phenolic OH excluding ortho intramolecular Hbond substituents is 1. The van der Waals surface area contributed by atoms with Crippen LogP contribution in [0, 0.1) is 12.3 Å². The van der Waals surface area contributed by atoms with Gasteiger partial charge < -0.3 is 10.2 Å². The average molecular weight is 243 g/mol. The highest BCUT2D eigenvalue weighted by Gasteiger charge is 2.28. The summed E-state index contributed by atoms with van der Waals surface area (Å²) in [6, 6.07) is 3.17. The molecule has 0 bridgehead atoms. The molecule has 1 aromatic carbocycles. The fraction of sp³-hybridized carbons (Fsp3) is 0.417. The molecule has 0 aliphatic heterocycles. The number of aliphatic carboxylic acids is 1. The summed E-state index contributed by atoms with van der Waals surface area (Å²) in [6.07, 6.45) is 0.244. The molecule has 1 rings (SSSR count). The van der Waals surface area contributed by atoms with Crippen LogP contribution in [0.3, 0.4) is 0 Å². The van der Waals surface area contributed by atoms with Gasteiger partial charge in [-0.3, -0.25) is 4.79 Å². The molecule has 16 heavy (non-hydrogen) atoms. The Hall–Kier alpha value is -1.22. The molecule has 0 spiro atoms. The van der Waals surface area contributed by atoms with Crippen LogP contribution < -0.4 is 0 Å². The number of carboxylic acids is 1. The SMILES string of the molecule is Cc1cc(O)c(CC(C)(C)C(=O)O)cc1Cl. The summed E-state index contributed by atoms with van der Waals surface area (Å²) >= 11 is 5.94. The predicted octanol–water partition coefficient (Wildman–Crippen LogP) is 3.01. The van der Waals surface area contributed by atoms with E-state index < -0.39 is 11.4 Å². The molecule has 0 heterocycles. The Morgan fingerprint density at radius 3 is 2.50 bits per heavy atom. The minimum Gasteiger partial charge on any atom is -0.508 e. The van der Waals surface area contributed by atoms with Crippen LogP contribution in [0.25, 0.3) is 0 Å². The van der Waals surface area contributed by atoms with Crippen LogP contribution in [0.1, 0.15) is 25.0 Å². The smallest absolute Gasteiger partial charge is 0.309 e. The number of hydrogen-bond acceptors (Lipinski definition) is 2. The van der Waals surface area contributed by atoms with Crippen molar-refractivity contribution in [3.63, 3.8) is 0 Å². The molecule has 0 aliphatic carbocycles. The van der Waals surface area contributed by atoms with E-state index in [0.29, 0.717) is 10.6 Å². The van der Waals surface area contributed by atoms with Crippen molar-refractivity contribution in [1.29, 1.82) is 0 Å². The molecule has 0 aliphatic rings. The number of aromatic hydroxyl groups is 1. The normalized spacial score (nSPS) is 11.5. The summed E-state index contributed by atoms with van der Waals surface area (Å²) < 4.78 is 0. The van der Waals surface area contributed by atoms with Crippen molar-refractivity contribution >= 4 is 17.6 Å². The third kappa shape index (κ3) is 2.67. The minimum atomic E-state index is -0.921. The van der Waals surface area contributed by atoms with E-state index in [-0.39, 0.29) is 12.2 Å². The number of phenols is 1. The number of carbonyl (C=O) groups is 1. The van der Waals surface area contributed by atoms with Crippen molar-refractivity contribution in [3.8, 4) is 5.75 Å². The second kappa shape index (κ2) is 4.34. The van der Waals surface area contributed by atoms with Gasteiger partial charge in [-0.2, -0.15) is 0 Å². The van der Waals surface area contributed by atoms with Gasteiger partial charge in [0.25, 0.3) is 0 Å². The summed E-state index contributed by atoms with van der Waals surface area (Å²) in [5.41, 5.74) is 0.412. The van der Waals surface area contributed by atoms with Gasteiger partial charge in [0.05, 0.1) is 5.41 Å². The summed E-state index contributed by atoms with van der Waals surface area (Å²) in [6.45, 7) is 5.01. The molecule has 2 N–H and O–H groups in total. The summed E-state index contributed by atoms with van der Waals surface area (Å²) in [5, 5.41) is 19.2. The number of benzene rings is 1. The number of rotatable bonds is 3. The van der Waals surface area contributed by atoms with E-state index in [4.69, 9.17) is 16.7 Å². The molecule has 0 atom stereocenters. The quantitative estimate of drug-likeness (QED) is 0.857. The van der Waals surface area contributed by atoms with Crippen molar-refractivity contribution in [2.45, 2.75) is 27.2 Å². The number of aryl methyl sites for hydroxylation is 1. The molecule has 0 amide bonds. The standard InChI is InChI=1S/C12H15ClO3/c1-7-4-10(14)8(5-9(7)13)6-12(2,3)11(15)16/h4-5,14H,6H2,1-3H3,(H,15,16). The highest BCUT2D eigenvalue weighted by atomic mass is 35.5. The maximum atomic E-state index is 11.0. The van der Waals surface area contributed by atoms with Gasteiger partial charge >= 0.3 is 5.97 Å². The molecule has 0 saturated carbocycles. The van der Waals surface area contributed by atoms with E-state index in [0.717, 1.165) is 5.56 Å². The monoisotopic (exact) mass is 242 g/mol. The van der Waals surface area contributed by atoms with Gasteiger partial charge in [0.1, 0.15) is 5.75 Å². The van der Waals surface area contributed by atoms with Gasteiger partial charge in [0, 0.05) is 5.02 Å². The fourth-order valence-electron chi connectivity index (χ4n) is 1.40. The van der Waals surface area contributed by atoms with E-state index in [1.165, 1.54) is 0 Å².